The Labute approximate surface area is 580 Å². The maximum absolute atomic E-state index is 13.4. The summed E-state index contributed by atoms with van der Waals surface area (Å²) in [5.74, 6) is -3.12. The zero-order valence-electron chi connectivity index (χ0n) is 60.9. The van der Waals surface area contributed by atoms with E-state index in [1.165, 1.54) is 61.8 Å². The van der Waals surface area contributed by atoms with E-state index in [1.54, 1.807) is 6.92 Å². The molecule has 2 rings (SSSR count). The number of nitrogens with one attached hydrogen (secondary N) is 2. The van der Waals surface area contributed by atoms with E-state index in [9.17, 15) is 58.8 Å². The SMILES string of the molecule is CC(=O)N[C@H]1[C@@H](O[C@H]2[C@H](O[C@H](C)C(=O)O)[C@@H](NC(C)=O)[C@@H](OP(=O)(O)OP(=O)(O)OC/C=C(/C)CC/C=C(/C)CC/C=C(/C)CC/C=C(/C)CC/C=C(/C)CC/C=C(/C)CC/C=C(/C)CC/C=C(/C)CC/C=C(\C)CC/C=C(\C)CCC=C(C)C)O[C@@H]2CO)O[C@H](CO)[C@@H](O)[C@@H]1O. The van der Waals surface area contributed by atoms with Gasteiger partial charge in [-0.25, -0.2) is 13.9 Å². The molecule has 2 aliphatic heterocycles. The number of hydrogen-bond acceptors (Lipinski definition) is 16. The van der Waals surface area contributed by atoms with E-state index >= 15 is 0 Å². The Hall–Kier alpha value is -4.51. The molecule has 0 radical (unpaired) electrons. The molecule has 13 atom stereocenters. The van der Waals surface area contributed by atoms with Gasteiger partial charge in [0.15, 0.2) is 18.7 Å². The highest BCUT2D eigenvalue weighted by Crippen LogP contribution is 2.61. The molecule has 97 heavy (non-hydrogen) atoms. The normalized spacial score (nSPS) is 24.8. The maximum atomic E-state index is 13.4. The molecule has 0 saturated carbocycles. The molecule has 9 N–H and O–H groups in total. The van der Waals surface area contributed by atoms with Gasteiger partial charge in [-0.3, -0.25) is 18.6 Å². The Morgan fingerprint density at radius 2 is 0.763 bits per heavy atom. The van der Waals surface area contributed by atoms with Gasteiger partial charge in [-0.15, -0.1) is 0 Å². The average molecular weight is 1410 g/mol. The van der Waals surface area contributed by atoms with Gasteiger partial charge < -0.3 is 64.9 Å². The standard InChI is InChI=1S/C74H122N2O19P2/c1-50(2)26-16-27-51(3)28-17-29-52(4)30-18-31-53(5)32-19-33-54(6)34-20-35-55(7)36-21-37-56(8)38-22-39-57(9)40-23-41-58(10)42-24-43-59(11)44-25-45-60(12)46-47-89-96(85,86)95-97(87,88)94-74-67(76-63(15)80)71(90-61(13)72(83)84)70(65(49-78)92-74)93-73-66(75-62(14)79)69(82)68(81)64(48-77)91-73/h26,28,30,32,34,36,38,40,42,44,46,61,64-71,73-74,77-78,81-82H,16-25,27,29,31,33,35,37,39,41,43,45,47-49H2,1-15H3,(H,75,79)(H,76,80)(H,83,84)(H,85,86)(H,87,88)/b51-28+,52-30+,53-32-,54-34-,55-36-,56-38-,57-40-,58-42-,59-44-,60-46-/t61-,64-,65-,66-,67-,68-,69-,70-,71-,73-,74-/m1/s1. The van der Waals surface area contributed by atoms with Gasteiger partial charge >= 0.3 is 21.6 Å². The lowest BCUT2D eigenvalue weighted by Crippen LogP contribution is -2.70. The molecule has 552 valence electrons. The van der Waals surface area contributed by atoms with E-state index in [4.69, 9.17) is 28.0 Å². The van der Waals surface area contributed by atoms with Crippen LogP contribution < -0.4 is 10.6 Å². The molecule has 23 heteroatoms. The van der Waals surface area contributed by atoms with Crippen molar-refractivity contribution in [1.82, 2.24) is 10.6 Å². The van der Waals surface area contributed by atoms with Gasteiger partial charge in [0.2, 0.25) is 11.8 Å². The number of rotatable bonds is 46. The molecule has 0 aromatic heterocycles. The van der Waals surface area contributed by atoms with Crippen molar-refractivity contribution in [2.45, 2.75) is 300 Å². The van der Waals surface area contributed by atoms with Gasteiger partial charge in [-0.1, -0.05) is 128 Å². The Morgan fingerprint density at radius 3 is 1.08 bits per heavy atom. The Kier molecular flexibility index (Phi) is 43.4. The smallest absolute Gasteiger partial charge is 0.479 e. The van der Waals surface area contributed by atoms with Gasteiger partial charge in [0.05, 0.1) is 19.8 Å². The Balaban J connectivity index is 1.80. The number of phosphoric ester groups is 2. The Morgan fingerprint density at radius 1 is 0.443 bits per heavy atom. The summed E-state index contributed by atoms with van der Waals surface area (Å²) in [5.41, 5.74) is 15.0. The molecule has 2 unspecified atom stereocenters. The highest BCUT2D eigenvalue weighted by Gasteiger charge is 2.55. The number of aliphatic carboxylic acids is 1. The maximum Gasteiger partial charge on any atom is 0.483 e. The molecular formula is C74H122N2O19P2. The third-order valence-electron chi connectivity index (χ3n) is 16.9. The van der Waals surface area contributed by atoms with Crippen LogP contribution in [0.5, 0.6) is 0 Å². The van der Waals surface area contributed by atoms with Crippen LogP contribution in [0.1, 0.15) is 232 Å². The summed E-state index contributed by atoms with van der Waals surface area (Å²) in [5, 5.41) is 56.2. The monoisotopic (exact) mass is 1400 g/mol. The minimum atomic E-state index is -5.74. The summed E-state index contributed by atoms with van der Waals surface area (Å²) in [7, 11) is -11.1. The van der Waals surface area contributed by atoms with Crippen LogP contribution in [0.25, 0.3) is 0 Å². The molecule has 2 aliphatic rings. The van der Waals surface area contributed by atoms with Crippen LogP contribution in [0.15, 0.2) is 128 Å². The lowest BCUT2D eigenvalue weighted by molar-refractivity contribution is -0.331. The number of carboxylic acid groups (broad SMARTS) is 1. The second kappa shape index (κ2) is 47.6. The first kappa shape index (κ1) is 88.6. The number of carbonyl (C=O) groups is 3. The van der Waals surface area contributed by atoms with Crippen LogP contribution >= 0.6 is 15.6 Å². The zero-order chi connectivity index (χ0) is 72.8. The minimum Gasteiger partial charge on any atom is -0.479 e. The van der Waals surface area contributed by atoms with Gasteiger partial charge in [0, 0.05) is 13.8 Å². The quantitative estimate of drug-likeness (QED) is 0.0202. The van der Waals surface area contributed by atoms with E-state index < -0.39 is 121 Å². The molecule has 2 saturated heterocycles. The van der Waals surface area contributed by atoms with Crippen LogP contribution in [-0.4, -0.2) is 140 Å². The Bertz CT molecular complexity index is 2900. The molecule has 21 nitrogen and oxygen atoms in total. The van der Waals surface area contributed by atoms with Crippen molar-refractivity contribution < 1.29 is 91.1 Å². The van der Waals surface area contributed by atoms with E-state index in [2.05, 4.69) is 152 Å². The van der Waals surface area contributed by atoms with Crippen molar-refractivity contribution in [3.8, 4) is 0 Å². The first-order valence-corrected chi connectivity index (χ1v) is 37.5. The minimum absolute atomic E-state index is 0.515. The predicted octanol–water partition coefficient (Wildman–Crippen LogP) is 14.9. The number of allylic oxidation sites excluding steroid dienone is 21. The lowest BCUT2D eigenvalue weighted by Gasteiger charge is -2.49. The topological polar surface area (TPSA) is 316 Å². The van der Waals surface area contributed by atoms with Crippen LogP contribution in [0.2, 0.25) is 0 Å². The van der Waals surface area contributed by atoms with Crippen molar-refractivity contribution in [2.24, 2.45) is 0 Å². The molecule has 0 aliphatic carbocycles. The van der Waals surface area contributed by atoms with Gasteiger partial charge in [0.25, 0.3) is 0 Å². The molecule has 0 bridgehead atoms. The van der Waals surface area contributed by atoms with Gasteiger partial charge in [0.1, 0.15) is 48.7 Å². The van der Waals surface area contributed by atoms with Gasteiger partial charge in [-0.05, 0) is 218 Å². The number of amides is 2. The third kappa shape index (κ3) is 38.8. The number of phosphoric acid groups is 2. The highest BCUT2D eigenvalue weighted by atomic mass is 31.3. The summed E-state index contributed by atoms with van der Waals surface area (Å²) < 4.78 is 64.3. The van der Waals surface area contributed by atoms with Crippen LogP contribution in [0.3, 0.4) is 0 Å². The van der Waals surface area contributed by atoms with Crippen LogP contribution in [0, 0.1) is 0 Å². The molecule has 2 amide bonds. The summed E-state index contributed by atoms with van der Waals surface area (Å²) in [6.45, 7) is 26.9. The number of carbonyl (C=O) groups excluding carboxylic acids is 2. The average Bonchev–Trinajstić information content (AvgIpc) is 0.773. The summed E-state index contributed by atoms with van der Waals surface area (Å²) >= 11 is 0. The summed E-state index contributed by atoms with van der Waals surface area (Å²) in [6.07, 6.45) is 29.7. The molecule has 2 heterocycles. The van der Waals surface area contributed by atoms with E-state index in [-0.39, 0.29) is 0 Å². The fraction of sp³-hybridized carbons (Fsp3) is 0.662. The lowest BCUT2D eigenvalue weighted by atomic mass is 9.94. The fourth-order valence-corrected chi connectivity index (χ4v) is 13.1. The molecule has 0 aromatic rings. The van der Waals surface area contributed by atoms with E-state index in [1.807, 2.05) is 0 Å². The van der Waals surface area contributed by atoms with Crippen molar-refractivity contribution in [1.29, 1.82) is 0 Å². The number of aliphatic hydroxyl groups is 4. The number of carboxylic acids is 1. The van der Waals surface area contributed by atoms with Crippen LogP contribution in [0.4, 0.5) is 0 Å². The van der Waals surface area contributed by atoms with E-state index in [0.29, 0.717) is 12.8 Å². The highest BCUT2D eigenvalue weighted by molar-refractivity contribution is 7.61. The van der Waals surface area contributed by atoms with Crippen molar-refractivity contribution >= 4 is 33.4 Å². The summed E-state index contributed by atoms with van der Waals surface area (Å²) in [6, 6.07) is -3.39. The number of hydrogen-bond donors (Lipinski definition) is 9. The predicted molar refractivity (Wildman–Crippen MR) is 383 cm³/mol. The third-order valence-corrected chi connectivity index (χ3v) is 19.5. The molecule has 0 spiro atoms. The second-order valence-corrected chi connectivity index (χ2v) is 29.7. The van der Waals surface area contributed by atoms with Crippen LogP contribution in [-0.2, 0) is 55.8 Å². The molecule has 2 fully saturated rings. The number of aliphatic hydroxyl groups excluding tert-OH is 4. The first-order chi connectivity index (χ1) is 45.6. The molecular weight excluding hydrogens is 1280 g/mol. The number of ether oxygens (including phenoxy) is 4. The van der Waals surface area contributed by atoms with E-state index in [0.717, 1.165) is 142 Å². The zero-order valence-corrected chi connectivity index (χ0v) is 62.7. The van der Waals surface area contributed by atoms with Gasteiger partial charge in [-0.2, -0.15) is 4.31 Å². The second-order valence-electron chi connectivity index (χ2n) is 26.7. The summed E-state index contributed by atoms with van der Waals surface area (Å²) in [4.78, 5) is 58.1. The van der Waals surface area contributed by atoms with Crippen molar-refractivity contribution in [2.75, 3.05) is 19.8 Å². The van der Waals surface area contributed by atoms with Crippen molar-refractivity contribution in [3.05, 3.63) is 128 Å². The largest absolute Gasteiger partial charge is 0.483 e. The first-order valence-electron chi connectivity index (χ1n) is 34.5. The van der Waals surface area contributed by atoms with Crippen molar-refractivity contribution in [3.63, 3.8) is 0 Å². The molecule has 0 aromatic carbocycles. The fourth-order valence-electron chi connectivity index (χ4n) is 11.0.